The number of rotatable bonds is 4. The van der Waals surface area contributed by atoms with Gasteiger partial charge in [-0.15, -0.1) is 0 Å². The van der Waals surface area contributed by atoms with E-state index >= 15 is 0 Å². The van der Waals surface area contributed by atoms with Crippen LogP contribution in [0.3, 0.4) is 0 Å². The molecule has 1 atom stereocenters. The third-order valence-corrected chi connectivity index (χ3v) is 4.66. The largest absolute Gasteiger partial charge is 0.465 e. The summed E-state index contributed by atoms with van der Waals surface area (Å²) in [7, 11) is 0. The van der Waals surface area contributed by atoms with E-state index in [1.165, 1.54) is 5.56 Å². The fraction of sp³-hybridized carbons (Fsp3) is 0.350. The standard InChI is InChI=1S/C20H21NO4/c1-2-23-20(22)17-12-21(10-14-6-4-3-5-7-14)11-15-8-18-19(9-16(15)17)25-13-24-18/h3-9,17H,2,10-13H2,1H3. The van der Waals surface area contributed by atoms with Crippen LogP contribution in [0.5, 0.6) is 11.5 Å². The van der Waals surface area contributed by atoms with Gasteiger partial charge in [-0.3, -0.25) is 9.69 Å². The number of benzene rings is 2. The summed E-state index contributed by atoms with van der Waals surface area (Å²) in [6.07, 6.45) is 0. The average molecular weight is 339 g/mol. The van der Waals surface area contributed by atoms with Crippen LogP contribution >= 0.6 is 0 Å². The first kappa shape index (κ1) is 16.0. The molecule has 0 aliphatic carbocycles. The van der Waals surface area contributed by atoms with Crippen LogP contribution in [-0.2, 0) is 22.6 Å². The Hall–Kier alpha value is -2.53. The zero-order chi connectivity index (χ0) is 17.2. The minimum Gasteiger partial charge on any atom is -0.465 e. The summed E-state index contributed by atoms with van der Waals surface area (Å²) in [6, 6.07) is 14.2. The van der Waals surface area contributed by atoms with Gasteiger partial charge in [0.25, 0.3) is 0 Å². The van der Waals surface area contributed by atoms with E-state index in [0.29, 0.717) is 18.9 Å². The zero-order valence-corrected chi connectivity index (χ0v) is 14.2. The molecule has 5 heteroatoms. The van der Waals surface area contributed by atoms with Gasteiger partial charge < -0.3 is 14.2 Å². The van der Waals surface area contributed by atoms with Crippen molar-refractivity contribution in [2.45, 2.75) is 25.9 Å². The Morgan fingerprint density at radius 3 is 2.72 bits per heavy atom. The van der Waals surface area contributed by atoms with Gasteiger partial charge in [-0.1, -0.05) is 30.3 Å². The predicted molar refractivity (Wildman–Crippen MR) is 92.5 cm³/mol. The van der Waals surface area contributed by atoms with Crippen LogP contribution in [0.4, 0.5) is 0 Å². The molecule has 0 N–H and O–H groups in total. The maximum absolute atomic E-state index is 12.5. The van der Waals surface area contributed by atoms with Gasteiger partial charge in [0.1, 0.15) is 0 Å². The second-order valence-electron chi connectivity index (χ2n) is 6.36. The number of carbonyl (C=O) groups excluding carboxylic acids is 1. The van der Waals surface area contributed by atoms with Crippen molar-refractivity contribution in [3.05, 3.63) is 59.2 Å². The Labute approximate surface area is 147 Å². The van der Waals surface area contributed by atoms with Gasteiger partial charge in [0.2, 0.25) is 6.79 Å². The van der Waals surface area contributed by atoms with Crippen molar-refractivity contribution >= 4 is 5.97 Å². The molecule has 0 amide bonds. The molecule has 4 rings (SSSR count). The van der Waals surface area contributed by atoms with E-state index in [0.717, 1.165) is 30.0 Å². The summed E-state index contributed by atoms with van der Waals surface area (Å²) < 4.78 is 16.3. The van der Waals surface area contributed by atoms with Gasteiger partial charge in [-0.2, -0.15) is 0 Å². The minimum atomic E-state index is -0.304. The van der Waals surface area contributed by atoms with Crippen LogP contribution in [0.25, 0.3) is 0 Å². The SMILES string of the molecule is CCOC(=O)C1CN(Cc2ccccc2)Cc2cc3c(cc21)OCO3. The Morgan fingerprint density at radius 1 is 1.20 bits per heavy atom. The molecule has 0 radical (unpaired) electrons. The van der Waals surface area contributed by atoms with Crippen LogP contribution < -0.4 is 9.47 Å². The number of ether oxygens (including phenoxy) is 3. The van der Waals surface area contributed by atoms with Crippen molar-refractivity contribution in [2.75, 3.05) is 19.9 Å². The van der Waals surface area contributed by atoms with E-state index in [9.17, 15) is 4.79 Å². The fourth-order valence-electron chi connectivity index (χ4n) is 3.53. The molecule has 0 bridgehead atoms. The molecule has 0 fully saturated rings. The highest BCUT2D eigenvalue weighted by molar-refractivity contribution is 5.80. The highest BCUT2D eigenvalue weighted by atomic mass is 16.7. The lowest BCUT2D eigenvalue weighted by Crippen LogP contribution is -2.37. The average Bonchev–Trinajstić information content (AvgIpc) is 3.07. The topological polar surface area (TPSA) is 48.0 Å². The number of esters is 1. The highest BCUT2D eigenvalue weighted by Crippen LogP contribution is 2.40. The third kappa shape index (κ3) is 3.20. The summed E-state index contributed by atoms with van der Waals surface area (Å²) in [4.78, 5) is 14.8. The molecule has 0 saturated carbocycles. The zero-order valence-electron chi connectivity index (χ0n) is 14.2. The van der Waals surface area contributed by atoms with Gasteiger partial charge in [-0.05, 0) is 35.7 Å². The number of carbonyl (C=O) groups is 1. The Kier molecular flexibility index (Phi) is 4.32. The molecule has 2 aromatic rings. The highest BCUT2D eigenvalue weighted by Gasteiger charge is 2.33. The lowest BCUT2D eigenvalue weighted by molar-refractivity contribution is -0.145. The molecule has 2 heterocycles. The molecule has 2 aliphatic rings. The van der Waals surface area contributed by atoms with Crippen molar-refractivity contribution < 1.29 is 19.0 Å². The van der Waals surface area contributed by atoms with Crippen molar-refractivity contribution in [1.29, 1.82) is 0 Å². The second kappa shape index (κ2) is 6.76. The van der Waals surface area contributed by atoms with Crippen LogP contribution in [0.15, 0.2) is 42.5 Å². The first-order valence-electron chi connectivity index (χ1n) is 8.60. The quantitative estimate of drug-likeness (QED) is 0.801. The van der Waals surface area contributed by atoms with Crippen molar-refractivity contribution in [3.8, 4) is 11.5 Å². The third-order valence-electron chi connectivity index (χ3n) is 4.66. The van der Waals surface area contributed by atoms with E-state index in [-0.39, 0.29) is 18.7 Å². The normalized spacial score (nSPS) is 18.7. The van der Waals surface area contributed by atoms with E-state index < -0.39 is 0 Å². The van der Waals surface area contributed by atoms with Gasteiger partial charge in [0.15, 0.2) is 11.5 Å². The minimum absolute atomic E-state index is 0.180. The number of hydrogen-bond acceptors (Lipinski definition) is 5. The summed E-state index contributed by atoms with van der Waals surface area (Å²) in [6.45, 7) is 4.66. The monoisotopic (exact) mass is 339 g/mol. The van der Waals surface area contributed by atoms with E-state index in [1.807, 2.05) is 37.3 Å². The Balaban J connectivity index is 1.65. The molecule has 0 saturated heterocycles. The predicted octanol–water partition coefficient (Wildman–Crippen LogP) is 3.08. The molecule has 0 spiro atoms. The van der Waals surface area contributed by atoms with Crippen LogP contribution in [0.2, 0.25) is 0 Å². The Bertz CT molecular complexity index is 775. The van der Waals surface area contributed by atoms with Crippen molar-refractivity contribution in [1.82, 2.24) is 4.90 Å². The van der Waals surface area contributed by atoms with Crippen molar-refractivity contribution in [2.24, 2.45) is 0 Å². The molecule has 5 nitrogen and oxygen atoms in total. The summed E-state index contributed by atoms with van der Waals surface area (Å²) in [5, 5.41) is 0. The first-order chi connectivity index (χ1) is 12.2. The number of nitrogens with zero attached hydrogens (tertiary/aromatic N) is 1. The summed E-state index contributed by atoms with van der Waals surface area (Å²) in [5.41, 5.74) is 3.32. The van der Waals surface area contributed by atoms with E-state index in [1.54, 1.807) is 0 Å². The van der Waals surface area contributed by atoms with Crippen molar-refractivity contribution in [3.63, 3.8) is 0 Å². The maximum atomic E-state index is 12.5. The van der Waals surface area contributed by atoms with Gasteiger partial charge >= 0.3 is 5.97 Å². The summed E-state index contributed by atoms with van der Waals surface area (Å²) in [5.74, 6) is 0.981. The summed E-state index contributed by atoms with van der Waals surface area (Å²) >= 11 is 0. The van der Waals surface area contributed by atoms with Crippen LogP contribution in [0.1, 0.15) is 29.5 Å². The number of fused-ring (bicyclic) bond motifs is 2. The van der Waals surface area contributed by atoms with Crippen LogP contribution in [0, 0.1) is 0 Å². The molecule has 1 unspecified atom stereocenters. The first-order valence-corrected chi connectivity index (χ1v) is 8.60. The maximum Gasteiger partial charge on any atom is 0.314 e. The molecular formula is C20H21NO4. The molecule has 0 aromatic heterocycles. The molecule has 130 valence electrons. The second-order valence-corrected chi connectivity index (χ2v) is 6.36. The molecule has 2 aliphatic heterocycles. The molecule has 25 heavy (non-hydrogen) atoms. The smallest absolute Gasteiger partial charge is 0.314 e. The number of hydrogen-bond donors (Lipinski definition) is 0. The van der Waals surface area contributed by atoms with Gasteiger partial charge in [0.05, 0.1) is 12.5 Å². The van der Waals surface area contributed by atoms with Gasteiger partial charge in [-0.25, -0.2) is 0 Å². The fourth-order valence-corrected chi connectivity index (χ4v) is 3.53. The van der Waals surface area contributed by atoms with E-state index in [4.69, 9.17) is 14.2 Å². The van der Waals surface area contributed by atoms with Crippen LogP contribution in [-0.4, -0.2) is 30.8 Å². The lowest BCUT2D eigenvalue weighted by atomic mass is 9.89. The van der Waals surface area contributed by atoms with Gasteiger partial charge in [0, 0.05) is 19.6 Å². The lowest BCUT2D eigenvalue weighted by Gasteiger charge is -2.33. The Morgan fingerprint density at radius 2 is 1.96 bits per heavy atom. The molecular weight excluding hydrogens is 318 g/mol. The molecule has 2 aromatic carbocycles. The van der Waals surface area contributed by atoms with E-state index in [2.05, 4.69) is 17.0 Å².